The van der Waals surface area contributed by atoms with Crippen molar-refractivity contribution in [2.24, 2.45) is 0 Å². The number of fused-ring (bicyclic) bond motifs is 2. The van der Waals surface area contributed by atoms with Gasteiger partial charge in [-0.15, -0.1) is 0 Å². The van der Waals surface area contributed by atoms with Gasteiger partial charge in [0.2, 0.25) is 0 Å². The lowest BCUT2D eigenvalue weighted by molar-refractivity contribution is 1.13. The highest BCUT2D eigenvalue weighted by Crippen LogP contribution is 2.40. The molecule has 0 saturated carbocycles. The highest BCUT2D eigenvalue weighted by molar-refractivity contribution is 9.10. The summed E-state index contributed by atoms with van der Waals surface area (Å²) in [6.07, 6.45) is 2.05. The van der Waals surface area contributed by atoms with Crippen LogP contribution in [0.1, 0.15) is 25.0 Å². The predicted molar refractivity (Wildman–Crippen MR) is 121 cm³/mol. The van der Waals surface area contributed by atoms with Crippen molar-refractivity contribution in [3.05, 3.63) is 80.7 Å². The van der Waals surface area contributed by atoms with E-state index in [9.17, 15) is 0 Å². The molecule has 0 aliphatic carbocycles. The molecular formula is C24H20Br2. The third kappa shape index (κ3) is 3.00. The topological polar surface area (TPSA) is 0 Å². The van der Waals surface area contributed by atoms with Gasteiger partial charge in [0.15, 0.2) is 0 Å². The summed E-state index contributed by atoms with van der Waals surface area (Å²) in [7, 11) is 0. The van der Waals surface area contributed by atoms with Crippen molar-refractivity contribution in [1.29, 1.82) is 0 Å². The molecule has 0 heterocycles. The van der Waals surface area contributed by atoms with Crippen LogP contribution in [0, 0.1) is 0 Å². The van der Waals surface area contributed by atoms with Crippen LogP contribution >= 0.6 is 31.9 Å². The third-order valence-electron chi connectivity index (χ3n) is 5.15. The minimum absolute atomic E-state index is 1.03. The predicted octanol–water partition coefficient (Wildman–Crippen LogP) is 8.31. The molecule has 0 aliphatic heterocycles. The summed E-state index contributed by atoms with van der Waals surface area (Å²) in [4.78, 5) is 0. The molecule has 4 aromatic carbocycles. The number of benzene rings is 4. The zero-order valence-electron chi connectivity index (χ0n) is 14.9. The van der Waals surface area contributed by atoms with E-state index in [0.717, 1.165) is 21.8 Å². The maximum atomic E-state index is 3.62. The second-order valence-corrected chi connectivity index (χ2v) is 8.47. The molecule has 4 rings (SSSR count). The van der Waals surface area contributed by atoms with Gasteiger partial charge in [0, 0.05) is 8.95 Å². The van der Waals surface area contributed by atoms with Crippen molar-refractivity contribution in [2.75, 3.05) is 0 Å². The first-order chi connectivity index (χ1) is 12.6. The van der Waals surface area contributed by atoms with Crippen molar-refractivity contribution >= 4 is 53.4 Å². The Kier molecular flexibility index (Phi) is 4.90. The maximum absolute atomic E-state index is 3.62. The van der Waals surface area contributed by atoms with Gasteiger partial charge in [-0.05, 0) is 80.9 Å². The number of aryl methyl sites for hydroxylation is 2. The van der Waals surface area contributed by atoms with Crippen LogP contribution in [0.25, 0.3) is 32.7 Å². The van der Waals surface area contributed by atoms with Crippen molar-refractivity contribution < 1.29 is 0 Å². The fourth-order valence-electron chi connectivity index (χ4n) is 3.87. The van der Waals surface area contributed by atoms with E-state index in [2.05, 4.69) is 106 Å². The molecule has 0 N–H and O–H groups in total. The van der Waals surface area contributed by atoms with E-state index in [1.807, 2.05) is 0 Å². The SMILES string of the molecule is CCc1ccc2cc(Br)ccc2c1-c1c(CC)ccc2cc(Br)ccc12. The molecule has 0 saturated heterocycles. The molecule has 4 aromatic rings. The summed E-state index contributed by atoms with van der Waals surface area (Å²) < 4.78 is 2.25. The lowest BCUT2D eigenvalue weighted by atomic mass is 9.86. The standard InChI is InChI=1S/C24H20Br2/c1-3-15-5-7-17-13-19(25)9-11-21(17)23(15)24-16(4-2)6-8-18-14-20(26)10-12-22(18)24/h5-14H,3-4H2,1-2H3. The Balaban J connectivity index is 2.19. The normalized spacial score (nSPS) is 11.4. The molecule has 0 unspecified atom stereocenters. The molecule has 2 heteroatoms. The van der Waals surface area contributed by atoms with Crippen LogP contribution in [-0.4, -0.2) is 0 Å². The van der Waals surface area contributed by atoms with Crippen LogP contribution in [0.15, 0.2) is 69.6 Å². The zero-order chi connectivity index (χ0) is 18.3. The Morgan fingerprint density at radius 1 is 0.577 bits per heavy atom. The number of rotatable bonds is 3. The highest BCUT2D eigenvalue weighted by atomic mass is 79.9. The molecule has 26 heavy (non-hydrogen) atoms. The van der Waals surface area contributed by atoms with Gasteiger partial charge in [0.1, 0.15) is 0 Å². The van der Waals surface area contributed by atoms with E-state index in [-0.39, 0.29) is 0 Å². The van der Waals surface area contributed by atoms with Crippen molar-refractivity contribution in [2.45, 2.75) is 26.7 Å². The van der Waals surface area contributed by atoms with Gasteiger partial charge in [-0.2, -0.15) is 0 Å². The summed E-state index contributed by atoms with van der Waals surface area (Å²) in [5, 5.41) is 5.22. The molecular weight excluding hydrogens is 448 g/mol. The van der Waals surface area contributed by atoms with E-state index < -0.39 is 0 Å². The Labute approximate surface area is 171 Å². The Morgan fingerprint density at radius 3 is 1.38 bits per heavy atom. The van der Waals surface area contributed by atoms with Crippen LogP contribution < -0.4 is 0 Å². The van der Waals surface area contributed by atoms with Gasteiger partial charge in [0.05, 0.1) is 0 Å². The van der Waals surface area contributed by atoms with Gasteiger partial charge in [-0.25, -0.2) is 0 Å². The molecule has 0 amide bonds. The Bertz CT molecular complexity index is 1030. The minimum atomic E-state index is 1.03. The van der Waals surface area contributed by atoms with Crippen molar-refractivity contribution in [1.82, 2.24) is 0 Å². The van der Waals surface area contributed by atoms with E-state index in [1.54, 1.807) is 0 Å². The van der Waals surface area contributed by atoms with Gasteiger partial charge in [-0.1, -0.05) is 82.1 Å². The zero-order valence-corrected chi connectivity index (χ0v) is 18.1. The first-order valence-corrected chi connectivity index (χ1v) is 10.6. The first-order valence-electron chi connectivity index (χ1n) is 9.05. The molecule has 0 radical (unpaired) electrons. The quantitative estimate of drug-likeness (QED) is 0.284. The fraction of sp³-hybridized carbons (Fsp3) is 0.167. The highest BCUT2D eigenvalue weighted by Gasteiger charge is 2.16. The largest absolute Gasteiger partial charge is 0.0613 e. The van der Waals surface area contributed by atoms with E-state index >= 15 is 0 Å². The molecule has 0 spiro atoms. The van der Waals surface area contributed by atoms with Crippen LogP contribution in [0.3, 0.4) is 0 Å². The van der Waals surface area contributed by atoms with E-state index in [0.29, 0.717) is 0 Å². The van der Waals surface area contributed by atoms with Gasteiger partial charge < -0.3 is 0 Å². The molecule has 0 fully saturated rings. The average Bonchev–Trinajstić information content (AvgIpc) is 2.65. The molecule has 130 valence electrons. The second kappa shape index (κ2) is 7.17. The maximum Gasteiger partial charge on any atom is 0.0181 e. The van der Waals surface area contributed by atoms with Crippen LogP contribution in [0.5, 0.6) is 0 Å². The number of hydrogen-bond donors (Lipinski definition) is 0. The molecule has 0 aromatic heterocycles. The third-order valence-corrected chi connectivity index (χ3v) is 6.13. The van der Waals surface area contributed by atoms with E-state index in [4.69, 9.17) is 0 Å². The monoisotopic (exact) mass is 466 g/mol. The smallest absolute Gasteiger partial charge is 0.0181 e. The molecule has 0 atom stereocenters. The second-order valence-electron chi connectivity index (χ2n) is 6.64. The summed E-state index contributed by atoms with van der Waals surface area (Å²) >= 11 is 7.24. The van der Waals surface area contributed by atoms with Crippen molar-refractivity contribution in [3.8, 4) is 11.1 Å². The summed E-state index contributed by atoms with van der Waals surface area (Å²) in [5.74, 6) is 0. The van der Waals surface area contributed by atoms with Crippen LogP contribution in [-0.2, 0) is 12.8 Å². The number of halogens is 2. The van der Waals surface area contributed by atoms with Gasteiger partial charge in [0.25, 0.3) is 0 Å². The Hall–Kier alpha value is -1.64. The fourth-order valence-corrected chi connectivity index (χ4v) is 4.63. The van der Waals surface area contributed by atoms with Crippen molar-refractivity contribution in [3.63, 3.8) is 0 Å². The van der Waals surface area contributed by atoms with Crippen LogP contribution in [0.4, 0.5) is 0 Å². The summed E-state index contributed by atoms with van der Waals surface area (Å²) in [6, 6.07) is 22.3. The van der Waals surface area contributed by atoms with E-state index in [1.165, 1.54) is 43.8 Å². The van der Waals surface area contributed by atoms with Gasteiger partial charge >= 0.3 is 0 Å². The first kappa shape index (κ1) is 17.8. The minimum Gasteiger partial charge on any atom is -0.0613 e. The summed E-state index contributed by atoms with van der Waals surface area (Å²) in [6.45, 7) is 4.49. The van der Waals surface area contributed by atoms with Crippen LogP contribution in [0.2, 0.25) is 0 Å². The average molecular weight is 468 g/mol. The molecule has 0 nitrogen and oxygen atoms in total. The lowest BCUT2D eigenvalue weighted by Crippen LogP contribution is -1.96. The van der Waals surface area contributed by atoms with Gasteiger partial charge in [-0.3, -0.25) is 0 Å². The molecule has 0 aliphatic rings. The number of hydrogen-bond acceptors (Lipinski definition) is 0. The molecule has 0 bridgehead atoms. The lowest BCUT2D eigenvalue weighted by Gasteiger charge is -2.18. The Morgan fingerprint density at radius 2 is 1.00 bits per heavy atom. The summed E-state index contributed by atoms with van der Waals surface area (Å²) in [5.41, 5.74) is 5.60.